The first-order valence-electron chi connectivity index (χ1n) is 12.0. The lowest BCUT2D eigenvalue weighted by Crippen LogP contribution is -2.39. The van der Waals surface area contributed by atoms with E-state index >= 15 is 0 Å². The molecule has 2 aromatic carbocycles. The molecule has 188 valence electrons. The van der Waals surface area contributed by atoms with Crippen molar-refractivity contribution < 1.29 is 19.0 Å². The van der Waals surface area contributed by atoms with Gasteiger partial charge in [-0.3, -0.25) is 9.36 Å². The predicted octanol–water partition coefficient (Wildman–Crippen LogP) is 3.90. The second-order valence-electron chi connectivity index (χ2n) is 8.29. The number of aryl methyl sites for hydroxylation is 1. The van der Waals surface area contributed by atoms with Gasteiger partial charge in [-0.15, -0.1) is 0 Å². The summed E-state index contributed by atoms with van der Waals surface area (Å²) in [6, 6.07) is 12.8. The van der Waals surface area contributed by atoms with Crippen molar-refractivity contribution in [3.63, 3.8) is 0 Å². The van der Waals surface area contributed by atoms with Gasteiger partial charge in [-0.1, -0.05) is 47.2 Å². The summed E-state index contributed by atoms with van der Waals surface area (Å²) in [7, 11) is 0. The summed E-state index contributed by atoms with van der Waals surface area (Å²) in [5.41, 5.74) is 3.42. The van der Waals surface area contributed by atoms with E-state index in [-0.39, 0.29) is 12.2 Å². The standard InChI is InChI=1S/C28H30N2O5S/c1-6-33-21-14-11-19(15-22(21)34-7-2)16-23-26(31)30-25(20-12-9-17(4)10-13-20)24(27(32)35-8-3)18(5)29-28(30)36-23/h9-16,25H,6-8H2,1-5H3/b23-16-/t25-/m1/s1. The molecule has 1 atom stereocenters. The van der Waals surface area contributed by atoms with Crippen LogP contribution in [0.3, 0.4) is 0 Å². The number of carbonyl (C=O) groups is 1. The van der Waals surface area contributed by atoms with Gasteiger partial charge >= 0.3 is 5.97 Å². The molecule has 0 bridgehead atoms. The minimum atomic E-state index is -0.623. The number of rotatable bonds is 8. The maximum atomic E-state index is 13.7. The Morgan fingerprint density at radius 2 is 1.69 bits per heavy atom. The summed E-state index contributed by atoms with van der Waals surface area (Å²) in [6.45, 7) is 10.6. The van der Waals surface area contributed by atoms with E-state index in [1.807, 2.05) is 69.3 Å². The van der Waals surface area contributed by atoms with Crippen LogP contribution in [0, 0.1) is 6.92 Å². The molecule has 0 radical (unpaired) electrons. The molecular weight excluding hydrogens is 476 g/mol. The van der Waals surface area contributed by atoms with Crippen LogP contribution >= 0.6 is 11.3 Å². The number of aromatic nitrogens is 1. The van der Waals surface area contributed by atoms with Gasteiger partial charge in [0.25, 0.3) is 5.56 Å². The van der Waals surface area contributed by atoms with E-state index in [2.05, 4.69) is 4.99 Å². The highest BCUT2D eigenvalue weighted by molar-refractivity contribution is 7.07. The highest BCUT2D eigenvalue weighted by Crippen LogP contribution is 2.31. The lowest BCUT2D eigenvalue weighted by atomic mass is 9.95. The fourth-order valence-corrected chi connectivity index (χ4v) is 5.21. The molecule has 1 aliphatic heterocycles. The Labute approximate surface area is 214 Å². The van der Waals surface area contributed by atoms with Crippen molar-refractivity contribution in [1.29, 1.82) is 0 Å². The molecule has 0 fully saturated rings. The number of carbonyl (C=O) groups excluding carboxylic acids is 1. The van der Waals surface area contributed by atoms with Gasteiger partial charge in [0.15, 0.2) is 16.3 Å². The number of ether oxygens (including phenoxy) is 3. The Morgan fingerprint density at radius 1 is 1.00 bits per heavy atom. The SMILES string of the molecule is CCOC(=O)C1=C(C)N=c2s/c(=C\c3ccc(OCC)c(OCC)c3)c(=O)n2[C@@H]1c1ccc(C)cc1. The second-order valence-corrected chi connectivity index (χ2v) is 9.29. The molecule has 7 nitrogen and oxygen atoms in total. The number of allylic oxidation sites excluding steroid dienone is 1. The van der Waals surface area contributed by atoms with E-state index in [1.165, 1.54) is 11.3 Å². The first-order valence-corrected chi connectivity index (χ1v) is 12.8. The molecule has 0 amide bonds. The lowest BCUT2D eigenvalue weighted by molar-refractivity contribution is -0.139. The van der Waals surface area contributed by atoms with Crippen LogP contribution in [0.15, 0.2) is 63.5 Å². The maximum absolute atomic E-state index is 13.7. The van der Waals surface area contributed by atoms with E-state index < -0.39 is 12.0 Å². The number of thiazole rings is 1. The molecule has 0 saturated carbocycles. The number of hydrogen-bond acceptors (Lipinski definition) is 7. The smallest absolute Gasteiger partial charge is 0.338 e. The monoisotopic (exact) mass is 506 g/mol. The Bertz CT molecular complexity index is 1480. The Kier molecular flexibility index (Phi) is 7.74. The van der Waals surface area contributed by atoms with Gasteiger partial charge in [-0.25, -0.2) is 9.79 Å². The third-order valence-electron chi connectivity index (χ3n) is 5.78. The van der Waals surface area contributed by atoms with E-state index in [0.29, 0.717) is 45.3 Å². The molecule has 4 rings (SSSR count). The van der Waals surface area contributed by atoms with Crippen molar-refractivity contribution in [3.8, 4) is 11.5 Å². The molecule has 0 spiro atoms. The van der Waals surface area contributed by atoms with Gasteiger partial charge in [0.2, 0.25) is 0 Å². The molecule has 1 aromatic heterocycles. The van der Waals surface area contributed by atoms with Crippen molar-refractivity contribution in [2.45, 2.75) is 40.7 Å². The number of nitrogens with zero attached hydrogens (tertiary/aromatic N) is 2. The number of benzene rings is 2. The molecule has 8 heteroatoms. The molecule has 0 saturated heterocycles. The predicted molar refractivity (Wildman–Crippen MR) is 140 cm³/mol. The van der Waals surface area contributed by atoms with Gasteiger partial charge in [0.05, 0.1) is 41.7 Å². The topological polar surface area (TPSA) is 79.1 Å². The second kappa shape index (κ2) is 11.0. The zero-order valence-electron chi connectivity index (χ0n) is 21.2. The van der Waals surface area contributed by atoms with E-state index in [0.717, 1.165) is 16.7 Å². The molecule has 0 N–H and O–H groups in total. The summed E-state index contributed by atoms with van der Waals surface area (Å²) in [5, 5.41) is 0. The van der Waals surface area contributed by atoms with Crippen LogP contribution in [0.25, 0.3) is 6.08 Å². The van der Waals surface area contributed by atoms with Crippen LogP contribution in [0.4, 0.5) is 0 Å². The molecular formula is C28H30N2O5S. The average molecular weight is 507 g/mol. The number of esters is 1. The van der Waals surface area contributed by atoms with Crippen molar-refractivity contribution >= 4 is 23.4 Å². The van der Waals surface area contributed by atoms with Crippen LogP contribution in [0.5, 0.6) is 11.5 Å². The van der Waals surface area contributed by atoms with E-state index in [4.69, 9.17) is 14.2 Å². The third kappa shape index (κ3) is 4.99. The highest BCUT2D eigenvalue weighted by atomic mass is 32.1. The van der Waals surface area contributed by atoms with E-state index in [1.54, 1.807) is 18.4 Å². The van der Waals surface area contributed by atoms with Crippen molar-refractivity contribution in [1.82, 2.24) is 4.57 Å². The van der Waals surface area contributed by atoms with Crippen molar-refractivity contribution in [2.24, 2.45) is 4.99 Å². The van der Waals surface area contributed by atoms with Gasteiger partial charge in [0, 0.05) is 0 Å². The molecule has 36 heavy (non-hydrogen) atoms. The summed E-state index contributed by atoms with van der Waals surface area (Å²) in [4.78, 5) is 31.9. The van der Waals surface area contributed by atoms with Crippen molar-refractivity contribution in [2.75, 3.05) is 19.8 Å². The fraction of sp³-hybridized carbons (Fsp3) is 0.321. The summed E-state index contributed by atoms with van der Waals surface area (Å²) >= 11 is 1.29. The quantitative estimate of drug-likeness (QED) is 0.433. The van der Waals surface area contributed by atoms with Crippen LogP contribution in [0.2, 0.25) is 0 Å². The fourth-order valence-electron chi connectivity index (χ4n) is 4.16. The Morgan fingerprint density at radius 3 is 2.36 bits per heavy atom. The van der Waals surface area contributed by atoms with Gasteiger partial charge in [-0.05, 0) is 64.0 Å². The molecule has 3 aromatic rings. The molecule has 0 aliphatic carbocycles. The Balaban J connectivity index is 1.89. The summed E-state index contributed by atoms with van der Waals surface area (Å²) in [5.74, 6) is 0.817. The summed E-state index contributed by atoms with van der Waals surface area (Å²) < 4.78 is 18.9. The van der Waals surface area contributed by atoms with Crippen LogP contribution in [-0.2, 0) is 9.53 Å². The lowest BCUT2D eigenvalue weighted by Gasteiger charge is -2.24. The van der Waals surface area contributed by atoms with Gasteiger partial charge in [0.1, 0.15) is 0 Å². The van der Waals surface area contributed by atoms with Crippen molar-refractivity contribution in [3.05, 3.63) is 90.1 Å². The van der Waals surface area contributed by atoms with Gasteiger partial charge < -0.3 is 14.2 Å². The third-order valence-corrected chi connectivity index (χ3v) is 6.76. The number of hydrogen-bond donors (Lipinski definition) is 0. The maximum Gasteiger partial charge on any atom is 0.338 e. The molecule has 1 aliphatic rings. The first-order chi connectivity index (χ1) is 17.4. The minimum Gasteiger partial charge on any atom is -0.490 e. The molecule has 0 unspecified atom stereocenters. The highest BCUT2D eigenvalue weighted by Gasteiger charge is 2.33. The van der Waals surface area contributed by atoms with Gasteiger partial charge in [-0.2, -0.15) is 0 Å². The van der Waals surface area contributed by atoms with Crippen LogP contribution < -0.4 is 24.4 Å². The zero-order chi connectivity index (χ0) is 25.8. The zero-order valence-corrected chi connectivity index (χ0v) is 22.0. The number of fused-ring (bicyclic) bond motifs is 1. The summed E-state index contributed by atoms with van der Waals surface area (Å²) in [6.07, 6.45) is 1.82. The van der Waals surface area contributed by atoms with E-state index in [9.17, 15) is 9.59 Å². The molecule has 2 heterocycles. The first kappa shape index (κ1) is 25.4. The Hall–Kier alpha value is -3.65. The van der Waals surface area contributed by atoms with Crippen LogP contribution in [-0.4, -0.2) is 30.4 Å². The minimum absolute atomic E-state index is 0.217. The largest absolute Gasteiger partial charge is 0.490 e. The van der Waals surface area contributed by atoms with Crippen LogP contribution in [0.1, 0.15) is 50.4 Å². The normalized spacial score (nSPS) is 15.4. The average Bonchev–Trinajstić information content (AvgIpc) is 3.15.